The van der Waals surface area contributed by atoms with Crippen LogP contribution in [0.5, 0.6) is 5.75 Å². The highest BCUT2D eigenvalue weighted by atomic mass is 35.5. The molecule has 0 amide bonds. The van der Waals surface area contributed by atoms with Crippen LogP contribution in [0.1, 0.15) is 30.7 Å². The highest BCUT2D eigenvalue weighted by Crippen LogP contribution is 2.50. The predicted octanol–water partition coefficient (Wildman–Crippen LogP) is 5.39. The Balaban J connectivity index is 1.13. The maximum Gasteiger partial charge on any atom is 0.248 e. The molecule has 4 nitrogen and oxygen atoms in total. The highest BCUT2D eigenvalue weighted by molar-refractivity contribution is 6.42. The summed E-state index contributed by atoms with van der Waals surface area (Å²) in [5.41, 5.74) is 1.88. The zero-order valence-electron chi connectivity index (χ0n) is 16.1. The summed E-state index contributed by atoms with van der Waals surface area (Å²) in [5.74, 6) is 1.95. The highest BCUT2D eigenvalue weighted by Gasteiger charge is 2.39. The van der Waals surface area contributed by atoms with Gasteiger partial charge in [-0.3, -0.25) is 4.79 Å². The molecule has 6 heteroatoms. The van der Waals surface area contributed by atoms with Gasteiger partial charge in [0.1, 0.15) is 5.75 Å². The summed E-state index contributed by atoms with van der Waals surface area (Å²) >= 11 is 12.4. The SMILES string of the molecule is O=c1ccc2ccc(OCCCCNC[C@@H]3C[C@H]3c3cccc(Cl)c3Cl)cc2[nH]1. The zero-order valence-corrected chi connectivity index (χ0v) is 17.6. The van der Waals surface area contributed by atoms with Crippen molar-refractivity contribution in [1.82, 2.24) is 10.3 Å². The van der Waals surface area contributed by atoms with Crippen LogP contribution in [0.15, 0.2) is 53.3 Å². The van der Waals surface area contributed by atoms with Gasteiger partial charge < -0.3 is 15.0 Å². The number of pyridine rings is 1. The Morgan fingerprint density at radius 1 is 1.10 bits per heavy atom. The quantitative estimate of drug-likeness (QED) is 0.447. The van der Waals surface area contributed by atoms with Gasteiger partial charge in [0.2, 0.25) is 5.56 Å². The van der Waals surface area contributed by atoms with Crippen molar-refractivity contribution in [3.8, 4) is 5.75 Å². The van der Waals surface area contributed by atoms with Crippen molar-refractivity contribution in [3.05, 3.63) is 74.5 Å². The minimum absolute atomic E-state index is 0.101. The third-order valence-electron chi connectivity index (χ3n) is 5.42. The van der Waals surface area contributed by atoms with E-state index >= 15 is 0 Å². The van der Waals surface area contributed by atoms with E-state index in [-0.39, 0.29) is 5.56 Å². The van der Waals surface area contributed by atoms with Crippen molar-refractivity contribution in [1.29, 1.82) is 0 Å². The van der Waals surface area contributed by atoms with Crippen LogP contribution in [0.25, 0.3) is 10.9 Å². The van der Waals surface area contributed by atoms with Crippen LogP contribution in [0.2, 0.25) is 10.0 Å². The third-order valence-corrected chi connectivity index (χ3v) is 6.26. The van der Waals surface area contributed by atoms with Crippen LogP contribution >= 0.6 is 23.2 Å². The Labute approximate surface area is 180 Å². The lowest BCUT2D eigenvalue weighted by Gasteiger charge is -2.08. The number of benzene rings is 2. The minimum Gasteiger partial charge on any atom is -0.494 e. The summed E-state index contributed by atoms with van der Waals surface area (Å²) in [4.78, 5) is 14.2. The maximum atomic E-state index is 11.4. The monoisotopic (exact) mass is 430 g/mol. The van der Waals surface area contributed by atoms with Gasteiger partial charge in [-0.2, -0.15) is 0 Å². The fourth-order valence-electron chi connectivity index (χ4n) is 3.71. The maximum absolute atomic E-state index is 11.4. The molecule has 29 heavy (non-hydrogen) atoms. The van der Waals surface area contributed by atoms with E-state index in [4.69, 9.17) is 27.9 Å². The number of hydrogen-bond acceptors (Lipinski definition) is 3. The molecule has 1 heterocycles. The molecule has 1 saturated carbocycles. The first-order valence-electron chi connectivity index (χ1n) is 10.0. The molecule has 3 aromatic rings. The van der Waals surface area contributed by atoms with Gasteiger partial charge in [-0.1, -0.05) is 35.3 Å². The van der Waals surface area contributed by atoms with E-state index in [1.807, 2.05) is 36.4 Å². The van der Waals surface area contributed by atoms with Crippen LogP contribution in [0.4, 0.5) is 0 Å². The van der Waals surface area contributed by atoms with Crippen molar-refractivity contribution in [3.63, 3.8) is 0 Å². The molecule has 1 aromatic heterocycles. The first-order valence-corrected chi connectivity index (χ1v) is 10.8. The van der Waals surface area contributed by atoms with Gasteiger partial charge in [0.05, 0.1) is 22.2 Å². The first-order chi connectivity index (χ1) is 14.1. The Kier molecular flexibility index (Phi) is 6.43. The molecule has 1 aliphatic rings. The average Bonchev–Trinajstić information content (AvgIpc) is 3.48. The number of fused-ring (bicyclic) bond motifs is 1. The summed E-state index contributed by atoms with van der Waals surface area (Å²) < 4.78 is 5.82. The predicted molar refractivity (Wildman–Crippen MR) is 119 cm³/mol. The Bertz CT molecular complexity index is 1050. The number of unbranched alkanes of at least 4 members (excludes halogenated alkanes) is 1. The molecule has 4 rings (SSSR count). The van der Waals surface area contributed by atoms with E-state index in [1.165, 1.54) is 18.1 Å². The lowest BCUT2D eigenvalue weighted by molar-refractivity contribution is 0.306. The molecule has 2 atom stereocenters. The third kappa shape index (κ3) is 5.13. The second-order valence-corrected chi connectivity index (χ2v) is 8.36. The van der Waals surface area contributed by atoms with E-state index in [1.54, 1.807) is 0 Å². The van der Waals surface area contributed by atoms with E-state index in [9.17, 15) is 4.79 Å². The van der Waals surface area contributed by atoms with Gasteiger partial charge in [-0.25, -0.2) is 0 Å². The number of hydrogen-bond donors (Lipinski definition) is 2. The van der Waals surface area contributed by atoms with Gasteiger partial charge in [-0.15, -0.1) is 0 Å². The number of ether oxygens (including phenoxy) is 1. The molecule has 152 valence electrons. The van der Waals surface area contributed by atoms with Crippen molar-refractivity contribution in [2.24, 2.45) is 5.92 Å². The van der Waals surface area contributed by atoms with Crippen LogP contribution < -0.4 is 15.6 Å². The fourth-order valence-corrected chi connectivity index (χ4v) is 4.16. The van der Waals surface area contributed by atoms with Crippen molar-refractivity contribution in [2.75, 3.05) is 19.7 Å². The number of rotatable bonds is 9. The van der Waals surface area contributed by atoms with Crippen LogP contribution in [0.3, 0.4) is 0 Å². The van der Waals surface area contributed by atoms with Crippen LogP contribution in [-0.2, 0) is 0 Å². The van der Waals surface area contributed by atoms with Crippen LogP contribution in [0, 0.1) is 5.92 Å². The Morgan fingerprint density at radius 2 is 1.97 bits per heavy atom. The smallest absolute Gasteiger partial charge is 0.248 e. The van der Waals surface area contributed by atoms with Gasteiger partial charge in [0, 0.05) is 12.1 Å². The Hall–Kier alpha value is -2.01. The topological polar surface area (TPSA) is 54.1 Å². The second kappa shape index (κ2) is 9.21. The lowest BCUT2D eigenvalue weighted by Crippen LogP contribution is -2.19. The summed E-state index contributed by atoms with van der Waals surface area (Å²) in [6.07, 6.45) is 3.20. The molecule has 2 aromatic carbocycles. The summed E-state index contributed by atoms with van der Waals surface area (Å²) in [6, 6.07) is 15.0. The molecule has 0 saturated heterocycles. The van der Waals surface area contributed by atoms with Gasteiger partial charge in [-0.05, 0) is 79.4 Å². The van der Waals surface area contributed by atoms with Gasteiger partial charge in [0.15, 0.2) is 0 Å². The summed E-state index contributed by atoms with van der Waals surface area (Å²) in [6.45, 7) is 2.64. The number of aromatic nitrogens is 1. The first kappa shape index (κ1) is 20.3. The van der Waals surface area contributed by atoms with E-state index in [0.717, 1.165) is 42.6 Å². The number of halogens is 2. The molecule has 0 radical (unpaired) electrons. The van der Waals surface area contributed by atoms with Crippen LogP contribution in [-0.4, -0.2) is 24.7 Å². The lowest BCUT2D eigenvalue weighted by atomic mass is 10.1. The molecule has 0 unspecified atom stereocenters. The zero-order chi connectivity index (χ0) is 20.2. The number of H-pyrrole nitrogens is 1. The molecular weight excluding hydrogens is 407 g/mol. The standard InChI is InChI=1S/C23H24Cl2N2O2/c24-20-5-3-4-18(23(20)25)19-12-16(19)14-26-10-1-2-11-29-17-8-6-15-7-9-22(28)27-21(15)13-17/h3-9,13,16,19,26H,1-2,10-12,14H2,(H,27,28)/t16-,19+/m0/s1. The molecule has 0 bridgehead atoms. The normalized spacial score (nSPS) is 18.1. The minimum atomic E-state index is -0.101. The number of aromatic amines is 1. The van der Waals surface area contributed by atoms with E-state index < -0.39 is 0 Å². The summed E-state index contributed by atoms with van der Waals surface area (Å²) in [7, 11) is 0. The molecular formula is C23H24Cl2N2O2. The average molecular weight is 431 g/mol. The van der Waals surface area contributed by atoms with Crippen molar-refractivity contribution in [2.45, 2.75) is 25.2 Å². The van der Waals surface area contributed by atoms with Gasteiger partial charge >= 0.3 is 0 Å². The molecule has 0 aliphatic heterocycles. The van der Waals surface area contributed by atoms with E-state index in [0.29, 0.717) is 28.5 Å². The second-order valence-electron chi connectivity index (χ2n) is 7.58. The molecule has 2 N–H and O–H groups in total. The summed E-state index contributed by atoms with van der Waals surface area (Å²) in [5, 5.41) is 5.88. The van der Waals surface area contributed by atoms with Crippen molar-refractivity contribution >= 4 is 34.1 Å². The molecule has 1 aliphatic carbocycles. The largest absolute Gasteiger partial charge is 0.494 e. The Morgan fingerprint density at radius 3 is 2.86 bits per heavy atom. The molecule has 0 spiro atoms. The van der Waals surface area contributed by atoms with Gasteiger partial charge in [0.25, 0.3) is 0 Å². The fraction of sp³-hybridized carbons (Fsp3) is 0.348. The number of nitrogens with one attached hydrogen (secondary N) is 2. The van der Waals surface area contributed by atoms with Crippen molar-refractivity contribution < 1.29 is 4.74 Å². The van der Waals surface area contributed by atoms with E-state index in [2.05, 4.69) is 16.4 Å². The molecule has 1 fully saturated rings.